The monoisotopic (exact) mass is 266 g/mol. The number of aliphatic hydroxyl groups is 1. The van der Waals surface area contributed by atoms with Crippen LogP contribution in [0.15, 0.2) is 24.3 Å². The first-order chi connectivity index (χ1) is 7.38. The van der Waals surface area contributed by atoms with Gasteiger partial charge in [0.2, 0.25) is 0 Å². The number of aliphatic hydroxyl groups excluding tert-OH is 1. The molecule has 0 aliphatic carbocycles. The Balaban J connectivity index is 2.54. The van der Waals surface area contributed by atoms with E-state index >= 15 is 0 Å². The average Bonchev–Trinajstić information content (AvgIpc) is 2.58. The zero-order valence-electron chi connectivity index (χ0n) is 7.75. The molecule has 2 aromatic rings. The standard InChI is InChI=1S/C10H6ClF3OS/c11-9(15)8-3-5-1-2-6(10(12,13)14)4-7(5)16-8/h1-4,9,15H. The minimum Gasteiger partial charge on any atom is -0.373 e. The summed E-state index contributed by atoms with van der Waals surface area (Å²) in [5.74, 6) is 0. The predicted octanol–water partition coefficient (Wildman–Crippen LogP) is 4.15. The highest BCUT2D eigenvalue weighted by Crippen LogP contribution is 2.36. The summed E-state index contributed by atoms with van der Waals surface area (Å²) >= 11 is 6.50. The number of hydrogen-bond acceptors (Lipinski definition) is 2. The number of halogens is 4. The van der Waals surface area contributed by atoms with Crippen molar-refractivity contribution in [2.24, 2.45) is 0 Å². The molecule has 1 nitrogen and oxygen atoms in total. The van der Waals surface area contributed by atoms with Gasteiger partial charge in [-0.2, -0.15) is 13.2 Å². The predicted molar refractivity (Wildman–Crippen MR) is 57.6 cm³/mol. The quantitative estimate of drug-likeness (QED) is 0.769. The van der Waals surface area contributed by atoms with Gasteiger partial charge in [0, 0.05) is 9.58 Å². The zero-order chi connectivity index (χ0) is 11.9. The molecular weight excluding hydrogens is 261 g/mol. The summed E-state index contributed by atoms with van der Waals surface area (Å²) in [6, 6.07) is 5.03. The Morgan fingerprint density at radius 2 is 1.94 bits per heavy atom. The number of thiophene rings is 1. The number of rotatable bonds is 1. The van der Waals surface area contributed by atoms with Gasteiger partial charge >= 0.3 is 6.18 Å². The van der Waals surface area contributed by atoms with Crippen LogP contribution >= 0.6 is 22.9 Å². The average molecular weight is 267 g/mol. The van der Waals surface area contributed by atoms with Crippen LogP contribution in [0.3, 0.4) is 0 Å². The summed E-state index contributed by atoms with van der Waals surface area (Å²) in [6.07, 6.45) is -4.35. The van der Waals surface area contributed by atoms with E-state index in [1.165, 1.54) is 6.07 Å². The van der Waals surface area contributed by atoms with Crippen LogP contribution < -0.4 is 0 Å². The number of benzene rings is 1. The zero-order valence-corrected chi connectivity index (χ0v) is 9.33. The van der Waals surface area contributed by atoms with Crippen LogP contribution in [0.4, 0.5) is 13.2 Å². The molecule has 0 radical (unpaired) electrons. The molecule has 0 saturated heterocycles. The molecule has 2 rings (SSSR count). The van der Waals surface area contributed by atoms with Crippen molar-refractivity contribution in [3.8, 4) is 0 Å². The molecule has 0 aliphatic heterocycles. The Morgan fingerprint density at radius 1 is 1.25 bits per heavy atom. The van der Waals surface area contributed by atoms with E-state index in [4.69, 9.17) is 16.7 Å². The summed E-state index contributed by atoms with van der Waals surface area (Å²) < 4.78 is 37.7. The van der Waals surface area contributed by atoms with Gasteiger partial charge in [0.05, 0.1) is 5.56 Å². The van der Waals surface area contributed by atoms with Gasteiger partial charge in [0.25, 0.3) is 0 Å². The smallest absolute Gasteiger partial charge is 0.373 e. The van der Waals surface area contributed by atoms with E-state index in [2.05, 4.69) is 0 Å². The van der Waals surface area contributed by atoms with Gasteiger partial charge < -0.3 is 5.11 Å². The minimum absolute atomic E-state index is 0.441. The van der Waals surface area contributed by atoms with Crippen molar-refractivity contribution in [3.05, 3.63) is 34.7 Å². The topological polar surface area (TPSA) is 20.2 Å². The Labute approximate surface area is 98.1 Å². The second-order valence-electron chi connectivity index (χ2n) is 3.23. The Bertz CT molecular complexity index is 518. The molecule has 0 amide bonds. The third-order valence-electron chi connectivity index (χ3n) is 2.10. The number of hydrogen-bond donors (Lipinski definition) is 1. The first kappa shape index (κ1) is 11.7. The van der Waals surface area contributed by atoms with Gasteiger partial charge in [-0.3, -0.25) is 0 Å². The lowest BCUT2D eigenvalue weighted by Gasteiger charge is -2.05. The van der Waals surface area contributed by atoms with Crippen LogP contribution in [0.2, 0.25) is 0 Å². The maximum Gasteiger partial charge on any atom is 0.416 e. The van der Waals surface area contributed by atoms with Crippen molar-refractivity contribution >= 4 is 33.0 Å². The van der Waals surface area contributed by atoms with Crippen LogP contribution in [0.1, 0.15) is 16.0 Å². The van der Waals surface area contributed by atoms with E-state index in [0.717, 1.165) is 23.5 Å². The molecule has 1 unspecified atom stereocenters. The van der Waals surface area contributed by atoms with Gasteiger partial charge in [-0.1, -0.05) is 17.7 Å². The fourth-order valence-corrected chi connectivity index (χ4v) is 2.51. The van der Waals surface area contributed by atoms with Crippen LogP contribution in [-0.2, 0) is 6.18 Å². The molecule has 0 bridgehead atoms. The number of alkyl halides is 4. The maximum absolute atomic E-state index is 12.4. The van der Waals surface area contributed by atoms with Crippen molar-refractivity contribution in [3.63, 3.8) is 0 Å². The highest BCUT2D eigenvalue weighted by atomic mass is 35.5. The molecule has 0 saturated carbocycles. The summed E-state index contributed by atoms with van der Waals surface area (Å²) in [5.41, 5.74) is -1.87. The highest BCUT2D eigenvalue weighted by Gasteiger charge is 2.30. The van der Waals surface area contributed by atoms with Gasteiger partial charge in [-0.15, -0.1) is 11.3 Å². The summed E-state index contributed by atoms with van der Waals surface area (Å²) in [7, 11) is 0. The molecule has 1 atom stereocenters. The van der Waals surface area contributed by atoms with E-state index in [1.54, 1.807) is 6.07 Å². The summed E-state index contributed by atoms with van der Waals surface area (Å²) in [5, 5.41) is 9.75. The molecule has 6 heteroatoms. The van der Waals surface area contributed by atoms with Crippen molar-refractivity contribution in [1.82, 2.24) is 0 Å². The molecule has 0 spiro atoms. The number of fused-ring (bicyclic) bond motifs is 1. The van der Waals surface area contributed by atoms with Crippen LogP contribution in [-0.4, -0.2) is 5.11 Å². The third-order valence-corrected chi connectivity index (χ3v) is 3.62. The fraction of sp³-hybridized carbons (Fsp3) is 0.200. The van der Waals surface area contributed by atoms with Crippen molar-refractivity contribution in [1.29, 1.82) is 0 Å². The van der Waals surface area contributed by atoms with E-state index < -0.39 is 17.3 Å². The van der Waals surface area contributed by atoms with Crippen molar-refractivity contribution in [2.75, 3.05) is 0 Å². The molecule has 1 aromatic heterocycles. The first-order valence-corrected chi connectivity index (χ1v) is 5.56. The molecule has 0 aliphatic rings. The molecular formula is C10H6ClF3OS. The maximum atomic E-state index is 12.4. The molecule has 1 N–H and O–H groups in total. The minimum atomic E-state index is -4.35. The van der Waals surface area contributed by atoms with E-state index in [0.29, 0.717) is 15.0 Å². The van der Waals surface area contributed by atoms with Gasteiger partial charge in [0.1, 0.15) is 0 Å². The van der Waals surface area contributed by atoms with Gasteiger partial charge in [0.15, 0.2) is 5.56 Å². The van der Waals surface area contributed by atoms with Crippen LogP contribution in [0, 0.1) is 0 Å². The summed E-state index contributed by atoms with van der Waals surface area (Å²) in [4.78, 5) is 0.441. The summed E-state index contributed by atoms with van der Waals surface area (Å²) in [6.45, 7) is 0. The molecule has 0 fully saturated rings. The van der Waals surface area contributed by atoms with Crippen molar-refractivity contribution in [2.45, 2.75) is 11.7 Å². The van der Waals surface area contributed by atoms with Crippen molar-refractivity contribution < 1.29 is 18.3 Å². The van der Waals surface area contributed by atoms with Gasteiger partial charge in [-0.25, -0.2) is 0 Å². The highest BCUT2D eigenvalue weighted by molar-refractivity contribution is 7.19. The Hall–Kier alpha value is -0.780. The largest absolute Gasteiger partial charge is 0.416 e. The molecule has 1 heterocycles. The van der Waals surface area contributed by atoms with Crippen LogP contribution in [0.25, 0.3) is 10.1 Å². The van der Waals surface area contributed by atoms with E-state index in [9.17, 15) is 13.2 Å². The fourth-order valence-electron chi connectivity index (χ4n) is 1.35. The molecule has 16 heavy (non-hydrogen) atoms. The van der Waals surface area contributed by atoms with E-state index in [-0.39, 0.29) is 0 Å². The first-order valence-electron chi connectivity index (χ1n) is 4.31. The second kappa shape index (κ2) is 3.91. The SMILES string of the molecule is OC(Cl)c1cc2ccc(C(F)(F)F)cc2s1. The second-order valence-corrected chi connectivity index (χ2v) is 4.76. The third kappa shape index (κ3) is 2.16. The van der Waals surface area contributed by atoms with E-state index in [1.807, 2.05) is 0 Å². The Kier molecular flexibility index (Phi) is 2.86. The lowest BCUT2D eigenvalue weighted by atomic mass is 10.1. The van der Waals surface area contributed by atoms with Gasteiger partial charge in [-0.05, 0) is 23.6 Å². The lowest BCUT2D eigenvalue weighted by Crippen LogP contribution is -2.03. The molecule has 86 valence electrons. The Morgan fingerprint density at radius 3 is 2.50 bits per heavy atom. The lowest BCUT2D eigenvalue weighted by molar-refractivity contribution is -0.137. The molecule has 1 aromatic carbocycles. The normalized spacial score (nSPS) is 14.3. The van der Waals surface area contributed by atoms with Crippen LogP contribution in [0.5, 0.6) is 0 Å².